The first-order valence-corrected chi connectivity index (χ1v) is 16.6. The van der Waals surface area contributed by atoms with Gasteiger partial charge in [0, 0.05) is 27.8 Å². The zero-order valence-electron chi connectivity index (χ0n) is 26.5. The Morgan fingerprint density at radius 1 is 0.922 bits per heavy atom. The number of rotatable bonds is 10. The van der Waals surface area contributed by atoms with E-state index in [2.05, 4.69) is 4.99 Å². The lowest BCUT2D eigenvalue weighted by atomic mass is 9.95. The molecule has 7 nitrogen and oxygen atoms in total. The maximum absolute atomic E-state index is 14.5. The highest BCUT2D eigenvalue weighted by atomic mass is 35.5. The summed E-state index contributed by atoms with van der Waals surface area (Å²) in [5.74, 6) is -1.86. The van der Waals surface area contributed by atoms with Crippen LogP contribution >= 0.6 is 22.9 Å². The van der Waals surface area contributed by atoms with Crippen molar-refractivity contribution in [2.75, 3.05) is 6.61 Å². The Bertz CT molecular complexity index is 2320. The number of carbonyl (C=O) groups excluding carboxylic acids is 1. The van der Waals surface area contributed by atoms with Crippen molar-refractivity contribution in [1.82, 2.24) is 4.57 Å². The molecule has 0 radical (unpaired) electrons. The van der Waals surface area contributed by atoms with Gasteiger partial charge in [-0.3, -0.25) is 9.36 Å². The highest BCUT2D eigenvalue weighted by molar-refractivity contribution is 7.07. The van der Waals surface area contributed by atoms with Crippen molar-refractivity contribution in [2.24, 2.45) is 4.99 Å². The number of benzene rings is 4. The number of halogens is 6. The van der Waals surface area contributed by atoms with E-state index in [1.807, 2.05) is 0 Å². The lowest BCUT2D eigenvalue weighted by Gasteiger charge is -2.26. The van der Waals surface area contributed by atoms with E-state index < -0.39 is 46.7 Å². The molecule has 1 aliphatic rings. The second-order valence-corrected chi connectivity index (χ2v) is 12.5. The van der Waals surface area contributed by atoms with Crippen LogP contribution in [-0.2, 0) is 22.7 Å². The van der Waals surface area contributed by atoms with Gasteiger partial charge in [-0.25, -0.2) is 18.6 Å². The van der Waals surface area contributed by atoms with Crippen molar-refractivity contribution in [3.63, 3.8) is 0 Å². The van der Waals surface area contributed by atoms with Crippen molar-refractivity contribution < 1.29 is 41.0 Å². The number of allylic oxidation sites excluding steroid dienone is 1. The molecule has 6 rings (SSSR count). The number of fused-ring (bicyclic) bond motifs is 1. The van der Waals surface area contributed by atoms with E-state index in [9.17, 15) is 31.5 Å². The summed E-state index contributed by atoms with van der Waals surface area (Å²) >= 11 is 6.72. The summed E-state index contributed by atoms with van der Waals surface area (Å²) in [7, 11) is 0. The normalized spacial score (nSPS) is 14.6. The molecular weight excluding hydrogens is 715 g/mol. The fourth-order valence-electron chi connectivity index (χ4n) is 5.34. The second kappa shape index (κ2) is 14.9. The molecule has 0 N–H and O–H groups in total. The Balaban J connectivity index is 1.48. The number of carbonyl (C=O) groups is 1. The first-order chi connectivity index (χ1) is 24.4. The molecule has 4 aromatic carbocycles. The molecule has 262 valence electrons. The van der Waals surface area contributed by atoms with Crippen LogP contribution in [0.25, 0.3) is 6.08 Å². The molecule has 1 aromatic heterocycles. The third-order valence-corrected chi connectivity index (χ3v) is 8.98. The summed E-state index contributed by atoms with van der Waals surface area (Å²) < 4.78 is 89.9. The molecule has 2 heterocycles. The molecule has 14 heteroatoms. The van der Waals surface area contributed by atoms with Crippen LogP contribution in [0.15, 0.2) is 112 Å². The Morgan fingerprint density at radius 2 is 1.55 bits per heavy atom. The van der Waals surface area contributed by atoms with E-state index in [-0.39, 0.29) is 56.8 Å². The van der Waals surface area contributed by atoms with Crippen LogP contribution in [-0.4, -0.2) is 23.3 Å². The molecule has 1 aliphatic heterocycles. The van der Waals surface area contributed by atoms with Gasteiger partial charge in [-0.1, -0.05) is 71.5 Å². The number of hydrogen-bond acceptors (Lipinski definition) is 7. The van der Waals surface area contributed by atoms with E-state index in [0.29, 0.717) is 22.5 Å². The van der Waals surface area contributed by atoms with Crippen molar-refractivity contribution in [3.8, 4) is 11.5 Å². The molecule has 1 atom stereocenters. The van der Waals surface area contributed by atoms with Gasteiger partial charge < -0.3 is 14.2 Å². The minimum absolute atomic E-state index is 0.0462. The number of nitrogens with zero attached hydrogens (tertiary/aromatic N) is 2. The largest absolute Gasteiger partial charge is 0.489 e. The number of aromatic nitrogens is 1. The minimum atomic E-state index is -5.08. The molecule has 0 spiro atoms. The number of alkyl halides is 3. The summed E-state index contributed by atoms with van der Waals surface area (Å²) in [5, 5.41) is 0.285. The molecule has 0 unspecified atom stereocenters. The van der Waals surface area contributed by atoms with Crippen LogP contribution in [0, 0.1) is 11.6 Å². The van der Waals surface area contributed by atoms with Crippen LogP contribution in [0.3, 0.4) is 0 Å². The highest BCUT2D eigenvalue weighted by Gasteiger charge is 2.45. The van der Waals surface area contributed by atoms with Gasteiger partial charge in [-0.15, -0.1) is 0 Å². The molecule has 0 amide bonds. The van der Waals surface area contributed by atoms with Crippen LogP contribution in [0.1, 0.15) is 35.2 Å². The highest BCUT2D eigenvalue weighted by Crippen LogP contribution is 2.38. The third kappa shape index (κ3) is 7.74. The summed E-state index contributed by atoms with van der Waals surface area (Å²) in [6, 6.07) is 20.7. The van der Waals surface area contributed by atoms with Crippen LogP contribution in [0.4, 0.5) is 22.0 Å². The quantitative estimate of drug-likeness (QED) is 0.110. The van der Waals surface area contributed by atoms with E-state index in [0.717, 1.165) is 4.57 Å². The van der Waals surface area contributed by atoms with Gasteiger partial charge in [0.25, 0.3) is 5.56 Å². The Kier molecular flexibility index (Phi) is 10.4. The van der Waals surface area contributed by atoms with Gasteiger partial charge in [-0.2, -0.15) is 13.2 Å². The van der Waals surface area contributed by atoms with Gasteiger partial charge in [0.1, 0.15) is 36.3 Å². The molecule has 0 saturated carbocycles. The predicted octanol–water partition coefficient (Wildman–Crippen LogP) is 7.43. The first kappa shape index (κ1) is 35.6. The summed E-state index contributed by atoms with van der Waals surface area (Å²) in [6.45, 7) is 0.883. The summed E-state index contributed by atoms with van der Waals surface area (Å²) in [4.78, 5) is 30.7. The van der Waals surface area contributed by atoms with Gasteiger partial charge in [0.2, 0.25) is 0 Å². The van der Waals surface area contributed by atoms with Gasteiger partial charge in [0.15, 0.2) is 10.5 Å². The standard InChI is InChI=1S/C37H26ClF5N2O5S/c1-2-48-35(47)31-32(21-11-14-25(38)15-12-21)45-34(46)30(51-36(45)44-33(31)37(41,42)43)17-22-13-16-26(49-19-23-7-3-5-9-27(23)39)18-29(22)50-20-24-8-4-6-10-28(24)40/h3-18,32H,2,19-20H2,1H3/b30-17+/t32-/m0/s1. The molecule has 51 heavy (non-hydrogen) atoms. The molecule has 5 aromatic rings. The fourth-order valence-corrected chi connectivity index (χ4v) is 6.46. The first-order valence-electron chi connectivity index (χ1n) is 15.4. The van der Waals surface area contributed by atoms with E-state index in [4.69, 9.17) is 25.8 Å². The third-order valence-electron chi connectivity index (χ3n) is 7.75. The molecule has 0 saturated heterocycles. The number of esters is 1. The minimum Gasteiger partial charge on any atom is -0.489 e. The average Bonchev–Trinajstić information content (AvgIpc) is 3.41. The predicted molar refractivity (Wildman–Crippen MR) is 180 cm³/mol. The molecule has 0 aliphatic carbocycles. The number of ether oxygens (including phenoxy) is 3. The van der Waals surface area contributed by atoms with Crippen LogP contribution < -0.4 is 24.4 Å². The zero-order chi connectivity index (χ0) is 36.3. The van der Waals surface area contributed by atoms with E-state index in [1.165, 1.54) is 79.7 Å². The van der Waals surface area contributed by atoms with Crippen molar-refractivity contribution in [3.05, 3.63) is 161 Å². The number of hydrogen-bond donors (Lipinski definition) is 0. The Labute approximate surface area is 296 Å². The average molecular weight is 741 g/mol. The summed E-state index contributed by atoms with van der Waals surface area (Å²) in [6.07, 6.45) is -3.68. The SMILES string of the molecule is CCOC(=O)C1=C(C(F)(F)F)N=c2s/c(=C/c3ccc(OCc4ccccc4F)cc3OCc3ccccc3F)c(=O)n2[C@H]1c1ccc(Cl)cc1. The molecule has 0 bridgehead atoms. The smallest absolute Gasteiger partial charge is 0.434 e. The lowest BCUT2D eigenvalue weighted by Crippen LogP contribution is -2.41. The van der Waals surface area contributed by atoms with Crippen molar-refractivity contribution in [1.29, 1.82) is 0 Å². The lowest BCUT2D eigenvalue weighted by molar-refractivity contribution is -0.140. The second-order valence-electron chi connectivity index (χ2n) is 11.1. The number of thiazole rings is 1. The van der Waals surface area contributed by atoms with E-state index in [1.54, 1.807) is 24.3 Å². The Morgan fingerprint density at radius 3 is 2.16 bits per heavy atom. The monoisotopic (exact) mass is 740 g/mol. The summed E-state index contributed by atoms with van der Waals surface area (Å²) in [5.41, 5.74) is -2.10. The van der Waals surface area contributed by atoms with Crippen molar-refractivity contribution in [2.45, 2.75) is 32.4 Å². The molecular formula is C37H26ClF5N2O5S. The van der Waals surface area contributed by atoms with Gasteiger partial charge >= 0.3 is 12.1 Å². The maximum atomic E-state index is 14.5. The van der Waals surface area contributed by atoms with Gasteiger partial charge in [0.05, 0.1) is 22.8 Å². The zero-order valence-corrected chi connectivity index (χ0v) is 28.1. The van der Waals surface area contributed by atoms with Gasteiger partial charge in [-0.05, 0) is 55.0 Å². The van der Waals surface area contributed by atoms with Crippen molar-refractivity contribution >= 4 is 35.0 Å². The maximum Gasteiger partial charge on any atom is 0.434 e. The Hall–Kier alpha value is -5.27. The topological polar surface area (TPSA) is 79.1 Å². The van der Waals surface area contributed by atoms with Crippen LogP contribution in [0.2, 0.25) is 5.02 Å². The fraction of sp³-hybridized carbons (Fsp3) is 0.162. The van der Waals surface area contributed by atoms with Crippen LogP contribution in [0.5, 0.6) is 11.5 Å². The van der Waals surface area contributed by atoms with E-state index >= 15 is 0 Å². The molecule has 0 fully saturated rings.